The number of carbonyl (C=O) groups is 1. The number of amides is 1. The molecular weight excluding hydrogens is 209 g/mol. The predicted octanol–water partition coefficient (Wildman–Crippen LogP) is 2.12. The largest absolute Gasteiger partial charge is 0.346 e. The van der Waals surface area contributed by atoms with Crippen LogP contribution in [0.4, 0.5) is 0 Å². The molecule has 1 aromatic rings. The molecule has 0 aromatic heterocycles. The molecule has 13 heavy (non-hydrogen) atoms. The number of hydrogen-bond donors (Lipinski definition) is 1. The lowest BCUT2D eigenvalue weighted by atomic mass is 9.97. The fourth-order valence-corrected chi connectivity index (χ4v) is 1.84. The first kappa shape index (κ1) is 8.85. The molecule has 2 nitrogen and oxygen atoms in total. The fourth-order valence-electron chi connectivity index (χ4n) is 1.32. The predicted molar refractivity (Wildman–Crippen MR) is 52.0 cm³/mol. The number of rotatable bonds is 1. The van der Waals surface area contributed by atoms with E-state index in [1.807, 2.05) is 18.2 Å². The van der Waals surface area contributed by atoms with Gasteiger partial charge in [0.15, 0.2) is 0 Å². The molecule has 4 heteroatoms. The van der Waals surface area contributed by atoms with Crippen LogP contribution in [0, 0.1) is 0 Å². The third-order valence-electron chi connectivity index (χ3n) is 2.08. The van der Waals surface area contributed by atoms with E-state index in [0.29, 0.717) is 5.02 Å². The summed E-state index contributed by atoms with van der Waals surface area (Å²) in [5, 5.41) is 2.85. The van der Waals surface area contributed by atoms with Gasteiger partial charge in [0.2, 0.25) is 5.91 Å². The number of carbonyl (C=O) groups excluding carboxylic acids is 1. The highest BCUT2D eigenvalue weighted by atomic mass is 35.5. The molecule has 0 aliphatic carbocycles. The Labute approximate surface area is 85.8 Å². The summed E-state index contributed by atoms with van der Waals surface area (Å²) in [7, 11) is 0. The molecule has 2 atom stereocenters. The Bertz CT molecular complexity index is 353. The van der Waals surface area contributed by atoms with Crippen LogP contribution in [0.1, 0.15) is 11.6 Å². The first-order valence-electron chi connectivity index (χ1n) is 3.89. The van der Waals surface area contributed by atoms with Gasteiger partial charge in [0.05, 0.1) is 6.04 Å². The number of alkyl halides is 1. The first-order chi connectivity index (χ1) is 6.20. The zero-order valence-corrected chi connectivity index (χ0v) is 8.14. The molecule has 1 amide bonds. The molecule has 1 N–H and O–H groups in total. The van der Waals surface area contributed by atoms with Crippen LogP contribution >= 0.6 is 23.2 Å². The Kier molecular flexibility index (Phi) is 2.18. The lowest BCUT2D eigenvalue weighted by Gasteiger charge is -2.33. The number of hydrogen-bond acceptors (Lipinski definition) is 1. The van der Waals surface area contributed by atoms with Gasteiger partial charge < -0.3 is 5.32 Å². The Morgan fingerprint density at radius 2 is 2.00 bits per heavy atom. The van der Waals surface area contributed by atoms with Crippen molar-refractivity contribution < 1.29 is 4.79 Å². The third-order valence-corrected chi connectivity index (χ3v) is 2.88. The van der Waals surface area contributed by atoms with Crippen LogP contribution < -0.4 is 5.32 Å². The SMILES string of the molecule is O=C1N[C@@H](c2ccccc2Cl)[C@@H]1Cl. The van der Waals surface area contributed by atoms with Gasteiger partial charge in [-0.2, -0.15) is 0 Å². The van der Waals surface area contributed by atoms with Gasteiger partial charge in [-0.25, -0.2) is 0 Å². The highest BCUT2D eigenvalue weighted by Crippen LogP contribution is 2.32. The van der Waals surface area contributed by atoms with E-state index in [1.165, 1.54) is 0 Å². The lowest BCUT2D eigenvalue weighted by Crippen LogP contribution is -2.52. The van der Waals surface area contributed by atoms with Crippen molar-refractivity contribution in [2.75, 3.05) is 0 Å². The summed E-state index contributed by atoms with van der Waals surface area (Å²) in [4.78, 5) is 10.8. The van der Waals surface area contributed by atoms with Crippen LogP contribution in [0.2, 0.25) is 5.02 Å². The van der Waals surface area contributed by atoms with Gasteiger partial charge in [-0.1, -0.05) is 29.8 Å². The zero-order valence-electron chi connectivity index (χ0n) is 6.63. The third kappa shape index (κ3) is 1.40. The van der Waals surface area contributed by atoms with Gasteiger partial charge in [-0.15, -0.1) is 11.6 Å². The summed E-state index contributed by atoms with van der Waals surface area (Å²) >= 11 is 11.7. The minimum absolute atomic E-state index is 0.133. The Balaban J connectivity index is 2.27. The van der Waals surface area contributed by atoms with Crippen LogP contribution in [0.5, 0.6) is 0 Å². The monoisotopic (exact) mass is 215 g/mol. The van der Waals surface area contributed by atoms with E-state index in [9.17, 15) is 4.79 Å². The van der Waals surface area contributed by atoms with Crippen molar-refractivity contribution in [3.8, 4) is 0 Å². The van der Waals surface area contributed by atoms with Crippen LogP contribution in [0.25, 0.3) is 0 Å². The molecular formula is C9H7Cl2NO. The molecule has 1 saturated heterocycles. The molecule has 1 heterocycles. The van der Waals surface area contributed by atoms with Gasteiger partial charge in [0.25, 0.3) is 0 Å². The molecule has 2 rings (SSSR count). The summed E-state index contributed by atoms with van der Waals surface area (Å²) in [6.07, 6.45) is 0. The summed E-state index contributed by atoms with van der Waals surface area (Å²) in [6, 6.07) is 7.22. The van der Waals surface area contributed by atoms with Gasteiger partial charge in [0, 0.05) is 5.02 Å². The maximum atomic E-state index is 10.8. The fraction of sp³-hybridized carbons (Fsp3) is 0.222. The topological polar surface area (TPSA) is 29.1 Å². The van der Waals surface area contributed by atoms with Crippen LogP contribution in [-0.4, -0.2) is 11.3 Å². The number of halogens is 2. The summed E-state index contributed by atoms with van der Waals surface area (Å²) in [5.74, 6) is -0.133. The molecule has 1 aliphatic rings. The maximum absolute atomic E-state index is 10.8. The van der Waals surface area contributed by atoms with Crippen molar-refractivity contribution in [3.63, 3.8) is 0 Å². The highest BCUT2D eigenvalue weighted by Gasteiger charge is 2.39. The zero-order chi connectivity index (χ0) is 9.42. The molecule has 1 aliphatic heterocycles. The van der Waals surface area contributed by atoms with E-state index in [1.54, 1.807) is 6.07 Å². The second-order valence-electron chi connectivity index (χ2n) is 2.91. The second-order valence-corrected chi connectivity index (χ2v) is 3.79. The van der Waals surface area contributed by atoms with E-state index >= 15 is 0 Å². The van der Waals surface area contributed by atoms with Crippen molar-refractivity contribution in [3.05, 3.63) is 34.9 Å². The number of benzene rings is 1. The first-order valence-corrected chi connectivity index (χ1v) is 4.70. The van der Waals surface area contributed by atoms with Crippen LogP contribution in [0.3, 0.4) is 0 Å². The minimum Gasteiger partial charge on any atom is -0.346 e. The van der Waals surface area contributed by atoms with Gasteiger partial charge in [0.1, 0.15) is 5.38 Å². The highest BCUT2D eigenvalue weighted by molar-refractivity contribution is 6.35. The van der Waals surface area contributed by atoms with E-state index in [2.05, 4.69) is 5.32 Å². The van der Waals surface area contributed by atoms with Gasteiger partial charge in [-0.05, 0) is 11.6 Å². The average Bonchev–Trinajstić information content (AvgIpc) is 2.15. The van der Waals surface area contributed by atoms with Crippen LogP contribution in [-0.2, 0) is 4.79 Å². The van der Waals surface area contributed by atoms with Crippen molar-refractivity contribution in [1.82, 2.24) is 5.32 Å². The Morgan fingerprint density at radius 3 is 2.54 bits per heavy atom. The molecule has 0 radical (unpaired) electrons. The summed E-state index contributed by atoms with van der Waals surface area (Å²) in [5.41, 5.74) is 0.878. The number of β-lactam (4-membered cyclic amide) rings is 1. The molecule has 0 bridgehead atoms. The smallest absolute Gasteiger partial charge is 0.241 e. The standard InChI is InChI=1S/C9H7Cl2NO/c10-6-4-2-1-3-5(6)8-7(11)9(13)12-8/h1-4,7-8H,(H,12,13)/t7-,8-/m0/s1. The molecule has 0 spiro atoms. The minimum atomic E-state index is -0.486. The van der Waals surface area contributed by atoms with Crippen LogP contribution in [0.15, 0.2) is 24.3 Å². The average molecular weight is 216 g/mol. The van der Waals surface area contributed by atoms with E-state index in [-0.39, 0.29) is 11.9 Å². The van der Waals surface area contributed by atoms with E-state index < -0.39 is 5.38 Å². The van der Waals surface area contributed by atoms with E-state index in [4.69, 9.17) is 23.2 Å². The quantitative estimate of drug-likeness (QED) is 0.565. The molecule has 1 aromatic carbocycles. The van der Waals surface area contributed by atoms with Gasteiger partial charge in [-0.3, -0.25) is 4.79 Å². The molecule has 1 fully saturated rings. The van der Waals surface area contributed by atoms with Crippen molar-refractivity contribution in [1.29, 1.82) is 0 Å². The Hall–Kier alpha value is -0.730. The van der Waals surface area contributed by atoms with Crippen molar-refractivity contribution >= 4 is 29.1 Å². The maximum Gasteiger partial charge on any atom is 0.241 e. The molecule has 0 unspecified atom stereocenters. The normalized spacial score (nSPS) is 26.5. The van der Waals surface area contributed by atoms with E-state index in [0.717, 1.165) is 5.56 Å². The van der Waals surface area contributed by atoms with Gasteiger partial charge >= 0.3 is 0 Å². The molecule has 68 valence electrons. The second kappa shape index (κ2) is 3.20. The van der Waals surface area contributed by atoms with Crippen molar-refractivity contribution in [2.24, 2.45) is 0 Å². The van der Waals surface area contributed by atoms with Crippen molar-refractivity contribution in [2.45, 2.75) is 11.4 Å². The summed E-state index contributed by atoms with van der Waals surface area (Å²) < 4.78 is 0. The molecule has 0 saturated carbocycles. The Morgan fingerprint density at radius 1 is 1.31 bits per heavy atom. The lowest BCUT2D eigenvalue weighted by molar-refractivity contribution is -0.127. The number of nitrogens with one attached hydrogen (secondary N) is 1. The summed E-state index contributed by atoms with van der Waals surface area (Å²) in [6.45, 7) is 0.